The molecule has 1 aromatic rings. The first-order valence-electron chi connectivity index (χ1n) is 7.92. The molecule has 1 aliphatic heterocycles. The molecule has 0 radical (unpaired) electrons. The SMILES string of the molecule is CN(C)C[C@@H]1CN(C(=O)NCCc2ccccc2)C[C@@H]1CO. The first-order valence-corrected chi connectivity index (χ1v) is 7.92. The number of aliphatic hydroxyl groups excluding tert-OH is 1. The number of nitrogens with one attached hydrogen (secondary N) is 1. The van der Waals surface area contributed by atoms with E-state index < -0.39 is 0 Å². The van der Waals surface area contributed by atoms with E-state index in [4.69, 9.17) is 0 Å². The largest absolute Gasteiger partial charge is 0.396 e. The maximum Gasteiger partial charge on any atom is 0.317 e. The molecule has 1 aromatic carbocycles. The average Bonchev–Trinajstić information content (AvgIpc) is 2.90. The zero-order valence-corrected chi connectivity index (χ0v) is 13.5. The number of aliphatic hydroxyl groups is 1. The lowest BCUT2D eigenvalue weighted by Crippen LogP contribution is -2.40. The lowest BCUT2D eigenvalue weighted by atomic mass is 9.97. The highest BCUT2D eigenvalue weighted by Gasteiger charge is 2.34. The van der Waals surface area contributed by atoms with Crippen molar-refractivity contribution >= 4 is 6.03 Å². The number of urea groups is 1. The molecule has 0 unspecified atom stereocenters. The number of rotatable bonds is 6. The maximum atomic E-state index is 12.2. The van der Waals surface area contributed by atoms with Gasteiger partial charge in [-0.05, 0) is 32.0 Å². The first-order chi connectivity index (χ1) is 10.6. The van der Waals surface area contributed by atoms with Crippen molar-refractivity contribution in [3.8, 4) is 0 Å². The third kappa shape index (κ3) is 4.71. The van der Waals surface area contributed by atoms with E-state index in [1.165, 1.54) is 5.56 Å². The lowest BCUT2D eigenvalue weighted by Gasteiger charge is -2.20. The first kappa shape index (κ1) is 16.8. The Hall–Kier alpha value is -1.59. The van der Waals surface area contributed by atoms with Crippen molar-refractivity contribution in [2.75, 3.05) is 46.9 Å². The Morgan fingerprint density at radius 1 is 1.27 bits per heavy atom. The standard InChI is InChI=1S/C17H27N3O2/c1-19(2)10-15-11-20(12-16(15)13-21)17(22)18-9-8-14-6-4-3-5-7-14/h3-7,15-16,21H,8-13H2,1-2H3,(H,18,22)/t15-,16-/m1/s1. The molecule has 1 heterocycles. The number of nitrogens with zero attached hydrogens (tertiary/aromatic N) is 2. The van der Waals surface area contributed by atoms with Crippen LogP contribution >= 0.6 is 0 Å². The van der Waals surface area contributed by atoms with Crippen LogP contribution in [0.15, 0.2) is 30.3 Å². The summed E-state index contributed by atoms with van der Waals surface area (Å²) in [6, 6.07) is 10.1. The maximum absolute atomic E-state index is 12.2. The Labute approximate surface area is 132 Å². The van der Waals surface area contributed by atoms with E-state index in [1.807, 2.05) is 37.2 Å². The van der Waals surface area contributed by atoms with Gasteiger partial charge >= 0.3 is 6.03 Å². The van der Waals surface area contributed by atoms with Crippen molar-refractivity contribution in [2.45, 2.75) is 6.42 Å². The number of benzene rings is 1. The molecule has 1 saturated heterocycles. The fourth-order valence-electron chi connectivity index (χ4n) is 3.06. The summed E-state index contributed by atoms with van der Waals surface area (Å²) in [7, 11) is 4.05. The van der Waals surface area contributed by atoms with Crippen LogP contribution in [0.5, 0.6) is 0 Å². The molecule has 1 aliphatic rings. The fraction of sp³-hybridized carbons (Fsp3) is 0.588. The van der Waals surface area contributed by atoms with Crippen LogP contribution in [0.4, 0.5) is 4.79 Å². The van der Waals surface area contributed by atoms with Gasteiger partial charge in [-0.1, -0.05) is 30.3 Å². The molecule has 5 nitrogen and oxygen atoms in total. The van der Waals surface area contributed by atoms with Gasteiger partial charge in [0.15, 0.2) is 0 Å². The number of carbonyl (C=O) groups excluding carboxylic acids is 1. The highest BCUT2D eigenvalue weighted by atomic mass is 16.3. The molecule has 0 aliphatic carbocycles. The molecule has 22 heavy (non-hydrogen) atoms. The van der Waals surface area contributed by atoms with E-state index in [0.717, 1.165) is 19.5 Å². The zero-order valence-electron chi connectivity index (χ0n) is 13.5. The van der Waals surface area contributed by atoms with Gasteiger partial charge in [-0.15, -0.1) is 0 Å². The van der Waals surface area contributed by atoms with Crippen molar-refractivity contribution in [3.05, 3.63) is 35.9 Å². The van der Waals surface area contributed by atoms with E-state index in [1.54, 1.807) is 0 Å². The van der Waals surface area contributed by atoms with Gasteiger partial charge in [0.25, 0.3) is 0 Å². The number of hydrogen-bond acceptors (Lipinski definition) is 3. The molecule has 1 fully saturated rings. The lowest BCUT2D eigenvalue weighted by molar-refractivity contribution is 0.183. The summed E-state index contributed by atoms with van der Waals surface area (Å²) < 4.78 is 0. The van der Waals surface area contributed by atoms with E-state index in [0.29, 0.717) is 19.0 Å². The number of likely N-dealkylation sites (tertiary alicyclic amines) is 1. The quantitative estimate of drug-likeness (QED) is 0.826. The summed E-state index contributed by atoms with van der Waals surface area (Å²) in [6.07, 6.45) is 0.838. The third-order valence-electron chi connectivity index (χ3n) is 4.23. The van der Waals surface area contributed by atoms with Crippen LogP contribution in [-0.2, 0) is 6.42 Å². The predicted octanol–water partition coefficient (Wildman–Crippen LogP) is 1.04. The third-order valence-corrected chi connectivity index (χ3v) is 4.23. The van der Waals surface area contributed by atoms with Gasteiger partial charge in [0.05, 0.1) is 0 Å². The second-order valence-electron chi connectivity index (χ2n) is 6.34. The van der Waals surface area contributed by atoms with Crippen molar-refractivity contribution in [3.63, 3.8) is 0 Å². The van der Waals surface area contributed by atoms with Crippen molar-refractivity contribution < 1.29 is 9.90 Å². The second kappa shape index (κ2) is 8.15. The molecule has 0 aromatic heterocycles. The summed E-state index contributed by atoms with van der Waals surface area (Å²) in [5.41, 5.74) is 1.22. The van der Waals surface area contributed by atoms with E-state index in [-0.39, 0.29) is 18.6 Å². The molecule has 122 valence electrons. The van der Waals surface area contributed by atoms with Crippen LogP contribution in [0.2, 0.25) is 0 Å². The molecular weight excluding hydrogens is 278 g/mol. The summed E-state index contributed by atoms with van der Waals surface area (Å²) in [6.45, 7) is 3.06. The van der Waals surface area contributed by atoms with Gasteiger partial charge in [0.2, 0.25) is 0 Å². The number of amides is 2. The van der Waals surface area contributed by atoms with Crippen LogP contribution in [0.3, 0.4) is 0 Å². The van der Waals surface area contributed by atoms with Gasteiger partial charge in [-0.3, -0.25) is 0 Å². The minimum absolute atomic E-state index is 0.0179. The van der Waals surface area contributed by atoms with E-state index in [9.17, 15) is 9.90 Å². The highest BCUT2D eigenvalue weighted by molar-refractivity contribution is 5.74. The summed E-state index contributed by atoms with van der Waals surface area (Å²) in [4.78, 5) is 16.2. The highest BCUT2D eigenvalue weighted by Crippen LogP contribution is 2.23. The van der Waals surface area contributed by atoms with Gasteiger partial charge in [0, 0.05) is 38.7 Å². The van der Waals surface area contributed by atoms with Gasteiger partial charge in [0.1, 0.15) is 0 Å². The molecule has 0 saturated carbocycles. The Morgan fingerprint density at radius 3 is 2.59 bits per heavy atom. The van der Waals surface area contributed by atoms with Gasteiger partial charge in [-0.2, -0.15) is 0 Å². The van der Waals surface area contributed by atoms with Crippen molar-refractivity contribution in [1.29, 1.82) is 0 Å². The van der Waals surface area contributed by atoms with Gasteiger partial charge < -0.3 is 20.2 Å². The normalized spacial score (nSPS) is 21.4. The van der Waals surface area contributed by atoms with E-state index >= 15 is 0 Å². The van der Waals surface area contributed by atoms with Crippen molar-refractivity contribution in [1.82, 2.24) is 15.1 Å². The van der Waals surface area contributed by atoms with Crippen LogP contribution in [-0.4, -0.2) is 67.8 Å². The number of carbonyl (C=O) groups is 1. The van der Waals surface area contributed by atoms with Crippen LogP contribution in [0.1, 0.15) is 5.56 Å². The van der Waals surface area contributed by atoms with Gasteiger partial charge in [-0.25, -0.2) is 4.79 Å². The van der Waals surface area contributed by atoms with Crippen LogP contribution in [0.25, 0.3) is 0 Å². The molecule has 2 amide bonds. The summed E-state index contributed by atoms with van der Waals surface area (Å²) in [5.74, 6) is 0.530. The molecule has 5 heteroatoms. The molecule has 0 spiro atoms. The average molecular weight is 305 g/mol. The Balaban J connectivity index is 1.78. The predicted molar refractivity (Wildman–Crippen MR) is 87.7 cm³/mol. The molecule has 0 bridgehead atoms. The van der Waals surface area contributed by atoms with Crippen LogP contribution in [0, 0.1) is 11.8 Å². The Morgan fingerprint density at radius 2 is 1.95 bits per heavy atom. The van der Waals surface area contributed by atoms with E-state index in [2.05, 4.69) is 22.3 Å². The Kier molecular flexibility index (Phi) is 6.21. The van der Waals surface area contributed by atoms with Crippen molar-refractivity contribution in [2.24, 2.45) is 11.8 Å². The minimum Gasteiger partial charge on any atom is -0.396 e. The summed E-state index contributed by atoms with van der Waals surface area (Å²) in [5, 5.41) is 12.5. The molecule has 2 atom stereocenters. The smallest absolute Gasteiger partial charge is 0.317 e. The number of hydrogen-bond donors (Lipinski definition) is 2. The fourth-order valence-corrected chi connectivity index (χ4v) is 3.06. The second-order valence-corrected chi connectivity index (χ2v) is 6.34. The van der Waals surface area contributed by atoms with Crippen LogP contribution < -0.4 is 5.32 Å². The molecule has 2 N–H and O–H groups in total. The minimum atomic E-state index is -0.0179. The Bertz CT molecular complexity index is 464. The molecule has 2 rings (SSSR count). The zero-order chi connectivity index (χ0) is 15.9. The topological polar surface area (TPSA) is 55.8 Å². The monoisotopic (exact) mass is 305 g/mol. The molecular formula is C17H27N3O2. The summed E-state index contributed by atoms with van der Waals surface area (Å²) >= 11 is 0.